The van der Waals surface area contributed by atoms with Crippen LogP contribution in [0.3, 0.4) is 0 Å². The molecule has 10 heteroatoms. The fraction of sp³-hybridized carbons (Fsp3) is 0.242. The molecule has 224 valence electrons. The molecule has 0 aliphatic rings. The lowest BCUT2D eigenvalue weighted by atomic mass is 10.0. The predicted octanol–water partition coefficient (Wildman–Crippen LogP) is 8.03. The highest BCUT2D eigenvalue weighted by Crippen LogP contribution is 2.34. The molecule has 43 heavy (non-hydrogen) atoms. The molecule has 1 heterocycles. The van der Waals surface area contributed by atoms with Crippen molar-refractivity contribution < 1.29 is 27.5 Å². The van der Waals surface area contributed by atoms with Gasteiger partial charge in [-0.1, -0.05) is 66.7 Å². The van der Waals surface area contributed by atoms with E-state index in [0.717, 1.165) is 33.9 Å². The smallest absolute Gasteiger partial charge is 0.418 e. The fourth-order valence-corrected chi connectivity index (χ4v) is 4.27. The molecule has 1 aromatic heterocycles. The van der Waals surface area contributed by atoms with Crippen molar-refractivity contribution in [1.82, 2.24) is 15.2 Å². The van der Waals surface area contributed by atoms with Gasteiger partial charge < -0.3 is 20.3 Å². The molecule has 2 N–H and O–H groups in total. The lowest BCUT2D eigenvalue weighted by Gasteiger charge is -2.24. The van der Waals surface area contributed by atoms with Gasteiger partial charge in [0.25, 0.3) is 0 Å². The lowest BCUT2D eigenvalue weighted by Crippen LogP contribution is -2.34. The summed E-state index contributed by atoms with van der Waals surface area (Å²) in [4.78, 5) is 30.7. The van der Waals surface area contributed by atoms with E-state index >= 15 is 0 Å². The van der Waals surface area contributed by atoms with Crippen LogP contribution >= 0.6 is 0 Å². The number of anilines is 1. The molecule has 7 nitrogen and oxygen atoms in total. The van der Waals surface area contributed by atoms with Crippen molar-refractivity contribution in [2.45, 2.75) is 52.2 Å². The van der Waals surface area contributed by atoms with E-state index in [9.17, 15) is 22.8 Å². The van der Waals surface area contributed by atoms with Crippen LogP contribution in [-0.4, -0.2) is 27.6 Å². The van der Waals surface area contributed by atoms with E-state index in [1.165, 1.54) is 23.1 Å². The number of amides is 3. The van der Waals surface area contributed by atoms with Gasteiger partial charge in [0.05, 0.1) is 11.3 Å². The average molecular weight is 591 g/mol. The summed E-state index contributed by atoms with van der Waals surface area (Å²) in [6.45, 7) is 6.04. The zero-order chi connectivity index (χ0) is 31.0. The Balaban J connectivity index is 1.45. The number of carbonyl (C=O) groups is 2. The monoisotopic (exact) mass is 590 g/mol. The van der Waals surface area contributed by atoms with Gasteiger partial charge in [0.2, 0.25) is 0 Å². The number of para-hydroxylation sites is 1. The van der Waals surface area contributed by atoms with Gasteiger partial charge in [-0.05, 0) is 66.8 Å². The number of hydrogen-bond acceptors (Lipinski definition) is 4. The highest BCUT2D eigenvalue weighted by molar-refractivity contribution is 5.90. The third-order valence-corrected chi connectivity index (χ3v) is 6.31. The Morgan fingerprint density at radius 2 is 1.40 bits per heavy atom. The van der Waals surface area contributed by atoms with Gasteiger partial charge in [-0.2, -0.15) is 13.2 Å². The maximum absolute atomic E-state index is 13.5. The topological polar surface area (TPSA) is 83.6 Å². The van der Waals surface area contributed by atoms with Crippen LogP contribution in [0.25, 0.3) is 11.1 Å². The van der Waals surface area contributed by atoms with Gasteiger partial charge >= 0.3 is 18.3 Å². The number of nitrogens with one attached hydrogen (secondary N) is 2. The van der Waals surface area contributed by atoms with Crippen LogP contribution in [0.5, 0.6) is 0 Å². The first-order valence-corrected chi connectivity index (χ1v) is 13.6. The van der Waals surface area contributed by atoms with Gasteiger partial charge in [0.15, 0.2) is 0 Å². The second-order valence-corrected chi connectivity index (χ2v) is 10.9. The maximum atomic E-state index is 13.5. The largest absolute Gasteiger partial charge is 0.444 e. The molecule has 0 atom stereocenters. The molecule has 0 aliphatic carbocycles. The normalized spacial score (nSPS) is 11.5. The number of nitrogens with zero attached hydrogens (tertiary/aromatic N) is 2. The number of benzene rings is 3. The zero-order valence-electron chi connectivity index (χ0n) is 24.1. The number of carbonyl (C=O) groups excluding carboxylic acids is 2. The summed E-state index contributed by atoms with van der Waals surface area (Å²) in [7, 11) is 0. The highest BCUT2D eigenvalue weighted by atomic mass is 19.4. The van der Waals surface area contributed by atoms with E-state index in [1.807, 2.05) is 48.5 Å². The minimum atomic E-state index is -4.61. The van der Waals surface area contributed by atoms with E-state index in [-0.39, 0.29) is 18.8 Å². The summed E-state index contributed by atoms with van der Waals surface area (Å²) in [5, 5.41) is 5.18. The molecule has 0 unspecified atom stereocenters. The number of ether oxygens (including phenoxy) is 1. The molecule has 0 radical (unpaired) electrons. The molecule has 3 aromatic carbocycles. The number of hydrogen-bond donors (Lipinski definition) is 2. The Bertz CT molecular complexity index is 1520. The van der Waals surface area contributed by atoms with Crippen LogP contribution in [0, 0.1) is 0 Å². The summed E-state index contributed by atoms with van der Waals surface area (Å²) in [6, 6.07) is 23.1. The number of rotatable bonds is 8. The first-order chi connectivity index (χ1) is 20.4. The van der Waals surface area contributed by atoms with E-state index in [4.69, 9.17) is 4.74 Å². The lowest BCUT2D eigenvalue weighted by molar-refractivity contribution is -0.136. The maximum Gasteiger partial charge on any atom is 0.418 e. The van der Waals surface area contributed by atoms with Gasteiger partial charge in [-0.3, -0.25) is 4.98 Å². The van der Waals surface area contributed by atoms with Crippen molar-refractivity contribution in [1.29, 1.82) is 0 Å². The number of alkyl carbamates (subject to hydrolysis) is 1. The number of pyridine rings is 1. The summed E-state index contributed by atoms with van der Waals surface area (Å²) < 4.78 is 45.8. The first-order valence-electron chi connectivity index (χ1n) is 13.6. The van der Waals surface area contributed by atoms with E-state index in [2.05, 4.69) is 15.6 Å². The first kappa shape index (κ1) is 31.1. The molecule has 0 saturated carbocycles. The minimum absolute atomic E-state index is 0.147. The Labute approximate surface area is 248 Å². The van der Waals surface area contributed by atoms with Gasteiger partial charge in [-0.25, -0.2) is 9.59 Å². The summed E-state index contributed by atoms with van der Waals surface area (Å²) in [5.74, 6) is 0. The molecular weight excluding hydrogens is 557 g/mol. The van der Waals surface area contributed by atoms with E-state index < -0.39 is 29.5 Å². The molecule has 0 fully saturated rings. The van der Waals surface area contributed by atoms with Crippen molar-refractivity contribution in [3.05, 3.63) is 120 Å². The van der Waals surface area contributed by atoms with Gasteiger partial charge in [0.1, 0.15) is 5.60 Å². The molecule has 0 bridgehead atoms. The SMILES string of the molecule is CC(C)(C)OC(=O)NCc1ccc(-c2ccc(CN(Cc3cccnc3)C(=O)Nc3ccccc3C(F)(F)F)cc2)cc1. The molecule has 0 aliphatic heterocycles. The van der Waals surface area contributed by atoms with Crippen molar-refractivity contribution in [3.63, 3.8) is 0 Å². The minimum Gasteiger partial charge on any atom is -0.444 e. The number of aromatic nitrogens is 1. The van der Waals surface area contributed by atoms with Crippen molar-refractivity contribution in [2.75, 3.05) is 5.32 Å². The Kier molecular flexibility index (Phi) is 9.70. The van der Waals surface area contributed by atoms with Crippen molar-refractivity contribution >= 4 is 17.8 Å². The quantitative estimate of drug-likeness (QED) is 0.218. The third-order valence-electron chi connectivity index (χ3n) is 6.31. The Morgan fingerprint density at radius 3 is 1.98 bits per heavy atom. The Hall–Kier alpha value is -4.86. The van der Waals surface area contributed by atoms with Crippen LogP contribution in [0.15, 0.2) is 97.3 Å². The van der Waals surface area contributed by atoms with Gasteiger partial charge in [0, 0.05) is 32.0 Å². The predicted molar refractivity (Wildman–Crippen MR) is 159 cm³/mol. The summed E-state index contributed by atoms with van der Waals surface area (Å²) >= 11 is 0. The van der Waals surface area contributed by atoms with Crippen molar-refractivity contribution in [3.8, 4) is 11.1 Å². The summed E-state index contributed by atoms with van der Waals surface area (Å²) in [6.07, 6.45) is -1.88. The molecular formula is C33H33F3N4O3. The third kappa shape index (κ3) is 9.32. The van der Waals surface area contributed by atoms with E-state index in [1.54, 1.807) is 45.3 Å². The van der Waals surface area contributed by atoms with Crippen LogP contribution in [0.2, 0.25) is 0 Å². The standard InChI is InChI=1S/C33H33F3N4O3/c1-32(2,3)43-31(42)38-20-23-10-14-26(15-11-23)27-16-12-24(13-17-27)21-40(22-25-7-6-18-37-19-25)30(41)39-29-9-5-4-8-28(29)33(34,35)36/h4-19H,20-22H2,1-3H3,(H,38,42)(H,39,41). The van der Waals surface area contributed by atoms with Crippen LogP contribution in [-0.2, 0) is 30.5 Å². The Morgan fingerprint density at radius 1 is 0.791 bits per heavy atom. The van der Waals surface area contributed by atoms with Gasteiger partial charge in [-0.15, -0.1) is 0 Å². The van der Waals surface area contributed by atoms with Crippen LogP contribution in [0.1, 0.15) is 43.0 Å². The van der Waals surface area contributed by atoms with Crippen molar-refractivity contribution in [2.24, 2.45) is 0 Å². The highest BCUT2D eigenvalue weighted by Gasteiger charge is 2.34. The number of urea groups is 1. The van der Waals surface area contributed by atoms with Crippen LogP contribution in [0.4, 0.5) is 28.4 Å². The molecule has 0 saturated heterocycles. The average Bonchev–Trinajstić information content (AvgIpc) is 2.96. The zero-order valence-corrected chi connectivity index (χ0v) is 24.1. The number of alkyl halides is 3. The van der Waals surface area contributed by atoms with E-state index in [0.29, 0.717) is 6.54 Å². The molecule has 4 rings (SSSR count). The molecule has 3 amide bonds. The second-order valence-electron chi connectivity index (χ2n) is 10.9. The fourth-order valence-electron chi connectivity index (χ4n) is 4.27. The number of halogens is 3. The molecule has 4 aromatic rings. The molecule has 0 spiro atoms. The second kappa shape index (κ2) is 13.4. The summed E-state index contributed by atoms with van der Waals surface area (Å²) in [5.41, 5.74) is 2.55. The van der Waals surface area contributed by atoms with Crippen LogP contribution < -0.4 is 10.6 Å².